The highest BCUT2D eigenvalue weighted by Gasteiger charge is 2.14. The Morgan fingerprint density at radius 2 is 1.96 bits per heavy atom. The molecule has 0 aromatic carbocycles. The average Bonchev–Trinajstić information content (AvgIpc) is 3.28. The van der Waals surface area contributed by atoms with Gasteiger partial charge >= 0.3 is 0 Å². The van der Waals surface area contributed by atoms with Crippen LogP contribution in [0.25, 0.3) is 21.1 Å². The van der Waals surface area contributed by atoms with Crippen molar-refractivity contribution in [3.8, 4) is 10.8 Å². The van der Waals surface area contributed by atoms with E-state index >= 15 is 0 Å². The van der Waals surface area contributed by atoms with Gasteiger partial charge in [0.05, 0.1) is 12.5 Å². The number of rotatable bonds is 5. The van der Waals surface area contributed by atoms with Crippen molar-refractivity contribution in [2.75, 3.05) is 17.6 Å². The number of aromatic nitrogens is 3. The summed E-state index contributed by atoms with van der Waals surface area (Å²) in [5.74, 6) is 2.44. The smallest absolute Gasteiger partial charge is 0.226 e. The number of hydrogen-bond acceptors (Lipinski definition) is 8. The average molecular weight is 327 g/mol. The third-order valence-corrected chi connectivity index (χ3v) is 4.22. The van der Waals surface area contributed by atoms with Gasteiger partial charge in [-0.1, -0.05) is 11.3 Å². The van der Waals surface area contributed by atoms with E-state index in [1.165, 1.54) is 11.3 Å². The van der Waals surface area contributed by atoms with Crippen LogP contribution in [-0.2, 0) is 6.42 Å². The molecule has 0 saturated carbocycles. The second kappa shape index (κ2) is 5.73. The number of fused-ring (bicyclic) bond motifs is 1. The van der Waals surface area contributed by atoms with Crippen molar-refractivity contribution in [3.05, 3.63) is 42.6 Å². The van der Waals surface area contributed by atoms with Gasteiger partial charge < -0.3 is 19.9 Å². The maximum Gasteiger partial charge on any atom is 0.226 e. The highest BCUT2D eigenvalue weighted by atomic mass is 32.1. The summed E-state index contributed by atoms with van der Waals surface area (Å²) in [4.78, 5) is 13.9. The van der Waals surface area contributed by atoms with E-state index in [4.69, 9.17) is 14.6 Å². The van der Waals surface area contributed by atoms with E-state index in [1.807, 2.05) is 24.3 Å². The Hall–Kier alpha value is -2.87. The second-order valence-electron chi connectivity index (χ2n) is 4.84. The highest BCUT2D eigenvalue weighted by molar-refractivity contribution is 7.21. The molecule has 0 atom stereocenters. The van der Waals surface area contributed by atoms with Gasteiger partial charge in [-0.15, -0.1) is 0 Å². The molecule has 0 bridgehead atoms. The van der Waals surface area contributed by atoms with Crippen molar-refractivity contribution < 1.29 is 8.83 Å². The normalized spacial score (nSPS) is 11.1. The number of nitrogens with zero attached hydrogens (tertiary/aromatic N) is 3. The minimum absolute atomic E-state index is 0.351. The van der Waals surface area contributed by atoms with Gasteiger partial charge in [-0.3, -0.25) is 0 Å². The lowest BCUT2D eigenvalue weighted by Gasteiger charge is -2.04. The van der Waals surface area contributed by atoms with Crippen molar-refractivity contribution in [1.82, 2.24) is 15.0 Å². The standard InChI is InChI=1S/C15H13N5O2S/c16-12-11-14(23-13(18-11)10-4-2-8-22-10)20-15(19-12)17-6-5-9-3-1-7-21-9/h1-4,7-8H,5-6H2,(H3,16,17,19,20). The van der Waals surface area contributed by atoms with E-state index in [0.717, 1.165) is 22.0 Å². The topological polar surface area (TPSA) is 103 Å². The van der Waals surface area contributed by atoms with Crippen LogP contribution in [0.1, 0.15) is 5.76 Å². The fraction of sp³-hybridized carbons (Fsp3) is 0.133. The summed E-state index contributed by atoms with van der Waals surface area (Å²) < 4.78 is 10.6. The SMILES string of the molecule is Nc1nc(NCCc2ccco2)nc2sc(-c3ccco3)nc12. The Morgan fingerprint density at radius 1 is 1.09 bits per heavy atom. The first-order chi connectivity index (χ1) is 11.3. The Labute approximate surface area is 135 Å². The first kappa shape index (κ1) is 13.8. The third-order valence-electron chi connectivity index (χ3n) is 3.25. The molecule has 0 radical (unpaired) electrons. The minimum atomic E-state index is 0.351. The molecule has 0 unspecified atom stereocenters. The van der Waals surface area contributed by atoms with Crippen LogP contribution in [0, 0.1) is 0 Å². The summed E-state index contributed by atoms with van der Waals surface area (Å²) in [5, 5.41) is 3.89. The molecule has 116 valence electrons. The molecule has 0 fully saturated rings. The van der Waals surface area contributed by atoms with Gasteiger partial charge in [0.15, 0.2) is 21.4 Å². The fourth-order valence-electron chi connectivity index (χ4n) is 2.18. The lowest BCUT2D eigenvalue weighted by atomic mass is 10.3. The van der Waals surface area contributed by atoms with Crippen LogP contribution in [0.4, 0.5) is 11.8 Å². The summed E-state index contributed by atoms with van der Waals surface area (Å²) in [6, 6.07) is 7.46. The Bertz CT molecular complexity index is 915. The number of nitrogens with one attached hydrogen (secondary N) is 1. The molecule has 4 heterocycles. The number of anilines is 2. The molecule has 8 heteroatoms. The molecule has 0 aliphatic carbocycles. The van der Waals surface area contributed by atoms with Crippen molar-refractivity contribution in [3.63, 3.8) is 0 Å². The zero-order chi connectivity index (χ0) is 15.6. The number of nitrogens with two attached hydrogens (primary N) is 1. The largest absolute Gasteiger partial charge is 0.469 e. The summed E-state index contributed by atoms with van der Waals surface area (Å²) in [6.07, 6.45) is 4.01. The number of nitrogen functional groups attached to an aromatic ring is 1. The number of thiazole rings is 1. The van der Waals surface area contributed by atoms with Crippen molar-refractivity contribution in [2.45, 2.75) is 6.42 Å². The maximum absolute atomic E-state index is 5.99. The van der Waals surface area contributed by atoms with Crippen molar-refractivity contribution in [1.29, 1.82) is 0 Å². The maximum atomic E-state index is 5.99. The molecule has 0 spiro atoms. The van der Waals surface area contributed by atoms with E-state index < -0.39 is 0 Å². The highest BCUT2D eigenvalue weighted by Crippen LogP contribution is 2.31. The zero-order valence-corrected chi connectivity index (χ0v) is 12.8. The molecule has 4 aromatic heterocycles. The van der Waals surface area contributed by atoms with Crippen LogP contribution in [-0.4, -0.2) is 21.5 Å². The fourth-order valence-corrected chi connectivity index (χ4v) is 3.10. The second-order valence-corrected chi connectivity index (χ2v) is 5.82. The molecular formula is C15H13N5O2S. The summed E-state index contributed by atoms with van der Waals surface area (Å²) in [7, 11) is 0. The van der Waals surface area contributed by atoms with E-state index in [0.29, 0.717) is 29.6 Å². The number of hydrogen-bond donors (Lipinski definition) is 2. The molecule has 4 rings (SSSR count). The molecule has 4 aromatic rings. The van der Waals surface area contributed by atoms with Gasteiger partial charge in [0.1, 0.15) is 11.3 Å². The molecule has 7 nitrogen and oxygen atoms in total. The van der Waals surface area contributed by atoms with Crippen LogP contribution in [0.5, 0.6) is 0 Å². The van der Waals surface area contributed by atoms with Gasteiger partial charge in [0, 0.05) is 13.0 Å². The third kappa shape index (κ3) is 2.76. The Balaban J connectivity index is 1.56. The lowest BCUT2D eigenvalue weighted by Crippen LogP contribution is -2.08. The molecular weight excluding hydrogens is 314 g/mol. The molecule has 0 amide bonds. The first-order valence-corrected chi connectivity index (χ1v) is 7.85. The summed E-state index contributed by atoms with van der Waals surface area (Å²) in [6.45, 7) is 0.655. The van der Waals surface area contributed by atoms with Crippen LogP contribution in [0.3, 0.4) is 0 Å². The Morgan fingerprint density at radius 3 is 2.74 bits per heavy atom. The minimum Gasteiger partial charge on any atom is -0.469 e. The van der Waals surface area contributed by atoms with E-state index in [2.05, 4.69) is 20.3 Å². The van der Waals surface area contributed by atoms with Crippen LogP contribution < -0.4 is 11.1 Å². The van der Waals surface area contributed by atoms with E-state index in [-0.39, 0.29) is 0 Å². The Kier molecular flexibility index (Phi) is 3.43. The van der Waals surface area contributed by atoms with Gasteiger partial charge in [0.25, 0.3) is 0 Å². The molecule has 23 heavy (non-hydrogen) atoms. The molecule has 3 N–H and O–H groups in total. The monoisotopic (exact) mass is 327 g/mol. The van der Waals surface area contributed by atoms with Crippen LogP contribution in [0.2, 0.25) is 0 Å². The summed E-state index contributed by atoms with van der Waals surface area (Å²) in [5.41, 5.74) is 6.59. The summed E-state index contributed by atoms with van der Waals surface area (Å²) >= 11 is 1.42. The van der Waals surface area contributed by atoms with Crippen LogP contribution >= 0.6 is 11.3 Å². The molecule has 0 aliphatic rings. The molecule has 0 saturated heterocycles. The predicted octanol–water partition coefficient (Wildman–Crippen LogP) is 3.18. The van der Waals surface area contributed by atoms with E-state index in [1.54, 1.807) is 12.5 Å². The molecule has 0 aliphatic heterocycles. The van der Waals surface area contributed by atoms with Gasteiger partial charge in [-0.25, -0.2) is 9.97 Å². The van der Waals surface area contributed by atoms with Crippen molar-refractivity contribution in [2.24, 2.45) is 0 Å². The van der Waals surface area contributed by atoms with E-state index in [9.17, 15) is 0 Å². The first-order valence-electron chi connectivity index (χ1n) is 7.04. The van der Waals surface area contributed by atoms with Gasteiger partial charge in [0.2, 0.25) is 5.95 Å². The number of furan rings is 2. The predicted molar refractivity (Wildman–Crippen MR) is 88.2 cm³/mol. The quantitative estimate of drug-likeness (QED) is 0.580. The lowest BCUT2D eigenvalue weighted by molar-refractivity contribution is 0.512. The van der Waals surface area contributed by atoms with Gasteiger partial charge in [-0.05, 0) is 24.3 Å². The van der Waals surface area contributed by atoms with Crippen molar-refractivity contribution >= 4 is 33.5 Å². The zero-order valence-electron chi connectivity index (χ0n) is 12.0. The van der Waals surface area contributed by atoms with Gasteiger partial charge in [-0.2, -0.15) is 4.98 Å². The van der Waals surface area contributed by atoms with Crippen LogP contribution in [0.15, 0.2) is 45.6 Å².